The van der Waals surface area contributed by atoms with Crippen molar-refractivity contribution in [1.29, 1.82) is 0 Å². The van der Waals surface area contributed by atoms with E-state index in [2.05, 4.69) is 5.32 Å². The van der Waals surface area contributed by atoms with E-state index in [1.165, 1.54) is 30.3 Å². The smallest absolute Gasteiger partial charge is 0.331 e. The first kappa shape index (κ1) is 19.4. The third-order valence-corrected chi connectivity index (χ3v) is 3.91. The maximum atomic E-state index is 11.8. The van der Waals surface area contributed by atoms with Gasteiger partial charge in [0.05, 0.1) is 20.7 Å². The Hall–Kier alpha value is -2.90. The lowest BCUT2D eigenvalue weighted by Gasteiger charge is -2.08. The summed E-state index contributed by atoms with van der Waals surface area (Å²) in [6, 6.07) is 10.3. The summed E-state index contributed by atoms with van der Waals surface area (Å²) in [5, 5.41) is 13.5. The van der Waals surface area contributed by atoms with Gasteiger partial charge in [0.15, 0.2) is 6.61 Å². The van der Waals surface area contributed by atoms with Crippen LogP contribution in [0.5, 0.6) is 0 Å². The first-order chi connectivity index (χ1) is 12.4. The predicted molar refractivity (Wildman–Crippen MR) is 98.2 cm³/mol. The minimum absolute atomic E-state index is 0.0546. The van der Waals surface area contributed by atoms with Gasteiger partial charge in [-0.25, -0.2) is 4.79 Å². The molecule has 1 amide bonds. The van der Waals surface area contributed by atoms with Crippen LogP contribution in [0.4, 0.5) is 11.4 Å². The summed E-state index contributed by atoms with van der Waals surface area (Å²) in [5.41, 5.74) is 0.824. The molecule has 0 bridgehead atoms. The van der Waals surface area contributed by atoms with Crippen LogP contribution in [-0.4, -0.2) is 23.4 Å². The highest BCUT2D eigenvalue weighted by atomic mass is 35.5. The van der Waals surface area contributed by atoms with Gasteiger partial charge in [0, 0.05) is 18.2 Å². The van der Waals surface area contributed by atoms with Crippen LogP contribution in [-0.2, 0) is 14.3 Å². The summed E-state index contributed by atoms with van der Waals surface area (Å²) in [6.45, 7) is -0.508. The Morgan fingerprint density at radius 3 is 2.50 bits per heavy atom. The number of nitro benzene ring substituents is 1. The number of non-ortho nitro benzene ring substituents is 1. The molecule has 1 N–H and O–H groups in total. The molecule has 0 spiro atoms. The molecule has 0 unspecified atom stereocenters. The van der Waals surface area contributed by atoms with Gasteiger partial charge in [0.1, 0.15) is 0 Å². The number of esters is 1. The SMILES string of the molecule is O=C(COC(=O)/C=C/c1ccc([N+](=O)[O-])cc1)Nc1cccc(Cl)c1Cl. The number of carbonyl (C=O) groups excluding carboxylic acids is 2. The fourth-order valence-corrected chi connectivity index (χ4v) is 2.19. The molecule has 0 aromatic heterocycles. The number of hydrogen-bond donors (Lipinski definition) is 1. The van der Waals surface area contributed by atoms with E-state index in [0.717, 1.165) is 6.08 Å². The fourth-order valence-electron chi connectivity index (χ4n) is 1.84. The molecule has 0 aliphatic carbocycles. The van der Waals surface area contributed by atoms with Crippen molar-refractivity contribution in [2.45, 2.75) is 0 Å². The van der Waals surface area contributed by atoms with E-state index in [1.807, 2.05) is 0 Å². The maximum Gasteiger partial charge on any atom is 0.331 e. The molecule has 0 aliphatic heterocycles. The van der Waals surface area contributed by atoms with Gasteiger partial charge in [-0.15, -0.1) is 0 Å². The molecule has 26 heavy (non-hydrogen) atoms. The molecule has 134 valence electrons. The van der Waals surface area contributed by atoms with Gasteiger partial charge in [0.2, 0.25) is 0 Å². The second-order valence-electron chi connectivity index (χ2n) is 4.94. The monoisotopic (exact) mass is 394 g/mol. The number of benzene rings is 2. The third-order valence-electron chi connectivity index (χ3n) is 3.09. The molecule has 7 nitrogen and oxygen atoms in total. The quantitative estimate of drug-likeness (QED) is 0.344. The topological polar surface area (TPSA) is 98.5 Å². The Bertz CT molecular complexity index is 866. The van der Waals surface area contributed by atoms with Gasteiger partial charge >= 0.3 is 5.97 Å². The second kappa shape index (κ2) is 8.98. The molecule has 0 heterocycles. The molecular formula is C17H12Cl2N2O5. The number of rotatable bonds is 6. The summed E-state index contributed by atoms with van der Waals surface area (Å²) in [6.07, 6.45) is 2.53. The Morgan fingerprint density at radius 1 is 1.15 bits per heavy atom. The number of amides is 1. The zero-order valence-corrected chi connectivity index (χ0v) is 14.7. The zero-order valence-electron chi connectivity index (χ0n) is 13.1. The summed E-state index contributed by atoms with van der Waals surface area (Å²) >= 11 is 11.8. The maximum absolute atomic E-state index is 11.8. The Labute approximate surface area is 158 Å². The number of halogens is 2. The number of ether oxygens (including phenoxy) is 1. The molecule has 2 aromatic rings. The summed E-state index contributed by atoms with van der Waals surface area (Å²) in [4.78, 5) is 33.4. The molecule has 0 atom stereocenters. The van der Waals surface area contributed by atoms with Gasteiger partial charge in [-0.1, -0.05) is 29.3 Å². The summed E-state index contributed by atoms with van der Waals surface area (Å²) < 4.78 is 4.81. The minimum atomic E-state index is -0.740. The van der Waals surface area contributed by atoms with Crippen molar-refractivity contribution < 1.29 is 19.2 Å². The fraction of sp³-hybridized carbons (Fsp3) is 0.0588. The van der Waals surface area contributed by atoms with Crippen LogP contribution >= 0.6 is 23.2 Å². The lowest BCUT2D eigenvalue weighted by atomic mass is 10.2. The van der Waals surface area contributed by atoms with Crippen molar-refractivity contribution in [3.63, 3.8) is 0 Å². The van der Waals surface area contributed by atoms with E-state index in [4.69, 9.17) is 27.9 Å². The van der Waals surface area contributed by atoms with Crippen molar-refractivity contribution in [3.8, 4) is 0 Å². The Morgan fingerprint density at radius 2 is 1.85 bits per heavy atom. The molecule has 9 heteroatoms. The molecule has 0 fully saturated rings. The number of hydrogen-bond acceptors (Lipinski definition) is 5. The largest absolute Gasteiger partial charge is 0.452 e. The molecule has 2 aromatic carbocycles. The third kappa shape index (κ3) is 5.58. The van der Waals surface area contributed by atoms with Crippen molar-refractivity contribution in [3.05, 3.63) is 74.3 Å². The highest BCUT2D eigenvalue weighted by Crippen LogP contribution is 2.29. The van der Waals surface area contributed by atoms with Crippen LogP contribution in [0.3, 0.4) is 0 Å². The van der Waals surface area contributed by atoms with E-state index < -0.39 is 23.4 Å². The molecule has 0 radical (unpaired) electrons. The van der Waals surface area contributed by atoms with E-state index in [-0.39, 0.29) is 15.7 Å². The number of nitrogens with zero attached hydrogens (tertiary/aromatic N) is 1. The highest BCUT2D eigenvalue weighted by molar-refractivity contribution is 6.44. The van der Waals surface area contributed by atoms with Gasteiger partial charge in [-0.3, -0.25) is 14.9 Å². The number of nitrogens with one attached hydrogen (secondary N) is 1. The van der Waals surface area contributed by atoms with E-state index in [0.29, 0.717) is 11.3 Å². The number of nitro groups is 1. The molecule has 2 rings (SSSR count). The molecule has 0 saturated heterocycles. The average molecular weight is 395 g/mol. The first-order valence-electron chi connectivity index (χ1n) is 7.20. The number of anilines is 1. The van der Waals surface area contributed by atoms with Gasteiger partial charge < -0.3 is 10.1 Å². The molecule has 0 aliphatic rings. The minimum Gasteiger partial charge on any atom is -0.452 e. The molecular weight excluding hydrogens is 383 g/mol. The van der Waals surface area contributed by atoms with E-state index >= 15 is 0 Å². The number of carbonyl (C=O) groups is 2. The van der Waals surface area contributed by atoms with Crippen molar-refractivity contribution in [2.75, 3.05) is 11.9 Å². The van der Waals surface area contributed by atoms with Crippen LogP contribution in [0.1, 0.15) is 5.56 Å². The van der Waals surface area contributed by atoms with Crippen molar-refractivity contribution >= 4 is 52.5 Å². The van der Waals surface area contributed by atoms with Gasteiger partial charge in [-0.2, -0.15) is 0 Å². The zero-order chi connectivity index (χ0) is 19.1. The first-order valence-corrected chi connectivity index (χ1v) is 7.95. The lowest BCUT2D eigenvalue weighted by Crippen LogP contribution is -2.20. The Balaban J connectivity index is 1.85. The lowest BCUT2D eigenvalue weighted by molar-refractivity contribution is -0.384. The highest BCUT2D eigenvalue weighted by Gasteiger charge is 2.10. The summed E-state index contributed by atoms with van der Waals surface area (Å²) in [5.74, 6) is -1.32. The average Bonchev–Trinajstić information content (AvgIpc) is 2.62. The van der Waals surface area contributed by atoms with Crippen molar-refractivity contribution in [1.82, 2.24) is 0 Å². The van der Waals surface area contributed by atoms with Crippen LogP contribution in [0.15, 0.2) is 48.5 Å². The van der Waals surface area contributed by atoms with Crippen molar-refractivity contribution in [2.24, 2.45) is 0 Å². The molecule has 0 saturated carbocycles. The summed E-state index contributed by atoms with van der Waals surface area (Å²) in [7, 11) is 0. The van der Waals surface area contributed by atoms with E-state index in [9.17, 15) is 19.7 Å². The standard InChI is InChI=1S/C17H12Cl2N2O5/c18-13-2-1-3-14(17(13)19)20-15(22)10-26-16(23)9-6-11-4-7-12(8-5-11)21(24)25/h1-9H,10H2,(H,20,22)/b9-6+. The van der Waals surface area contributed by atoms with Crippen LogP contribution < -0.4 is 5.32 Å². The van der Waals surface area contributed by atoms with Gasteiger partial charge in [-0.05, 0) is 35.9 Å². The normalized spacial score (nSPS) is 10.5. The van der Waals surface area contributed by atoms with E-state index in [1.54, 1.807) is 18.2 Å². The van der Waals surface area contributed by atoms with Crippen LogP contribution in [0, 0.1) is 10.1 Å². The van der Waals surface area contributed by atoms with Gasteiger partial charge in [0.25, 0.3) is 11.6 Å². The Kier molecular flexibility index (Phi) is 6.71. The second-order valence-corrected chi connectivity index (χ2v) is 5.72. The van der Waals surface area contributed by atoms with Crippen LogP contribution in [0.25, 0.3) is 6.08 Å². The predicted octanol–water partition coefficient (Wildman–Crippen LogP) is 4.10. The van der Waals surface area contributed by atoms with Crippen LogP contribution in [0.2, 0.25) is 10.0 Å².